The van der Waals surface area contributed by atoms with Crippen LogP contribution in [-0.2, 0) is 14.3 Å². The first-order valence-corrected chi connectivity index (χ1v) is 7.17. The first-order chi connectivity index (χ1) is 10.3. The maximum absolute atomic E-state index is 11.9. The molecule has 0 saturated carbocycles. The maximum Gasteiger partial charge on any atom is 0.306 e. The number of benzene rings is 1. The van der Waals surface area contributed by atoms with Crippen LogP contribution in [0.3, 0.4) is 0 Å². The van der Waals surface area contributed by atoms with Crippen molar-refractivity contribution in [3.8, 4) is 0 Å². The van der Waals surface area contributed by atoms with Gasteiger partial charge in [-0.05, 0) is 19.4 Å². The largest absolute Gasteiger partial charge is 0.453 e. The molecule has 0 aliphatic heterocycles. The standard InChI is InChI=1S/C14H17ClN2O5/c1-3-4-5-13(18)22-9(2)14(19)16-12-7-6-10(17(20)21)8-11(12)15/h6-9H,3-5H2,1-2H3,(H,16,19). The van der Waals surface area contributed by atoms with Crippen molar-refractivity contribution >= 4 is 34.9 Å². The molecule has 0 fully saturated rings. The first kappa shape index (κ1) is 17.9. The van der Waals surface area contributed by atoms with Gasteiger partial charge in [0.2, 0.25) is 0 Å². The van der Waals surface area contributed by atoms with E-state index in [-0.39, 0.29) is 22.8 Å². The van der Waals surface area contributed by atoms with Gasteiger partial charge in [0, 0.05) is 18.6 Å². The van der Waals surface area contributed by atoms with Crippen molar-refractivity contribution < 1.29 is 19.2 Å². The van der Waals surface area contributed by atoms with E-state index in [0.717, 1.165) is 12.5 Å². The average molecular weight is 329 g/mol. The first-order valence-electron chi connectivity index (χ1n) is 6.79. The number of nitro groups is 1. The van der Waals surface area contributed by atoms with E-state index in [1.807, 2.05) is 6.92 Å². The number of non-ortho nitro benzene ring substituents is 1. The van der Waals surface area contributed by atoms with Crippen LogP contribution >= 0.6 is 11.6 Å². The molecule has 1 amide bonds. The molecule has 0 aliphatic carbocycles. The summed E-state index contributed by atoms with van der Waals surface area (Å²) in [6.45, 7) is 3.39. The molecule has 0 radical (unpaired) electrons. The van der Waals surface area contributed by atoms with Gasteiger partial charge in [0.1, 0.15) is 0 Å². The van der Waals surface area contributed by atoms with Gasteiger partial charge >= 0.3 is 5.97 Å². The number of hydrogen-bond acceptors (Lipinski definition) is 5. The summed E-state index contributed by atoms with van der Waals surface area (Å²) >= 11 is 5.87. The third-order valence-corrected chi connectivity index (χ3v) is 3.15. The molecular weight excluding hydrogens is 312 g/mol. The van der Waals surface area contributed by atoms with E-state index in [1.54, 1.807) is 0 Å². The molecule has 1 N–H and O–H groups in total. The Morgan fingerprint density at radius 3 is 2.68 bits per heavy atom. The number of rotatable bonds is 7. The summed E-state index contributed by atoms with van der Waals surface area (Å²) in [7, 11) is 0. The van der Waals surface area contributed by atoms with Crippen LogP contribution in [-0.4, -0.2) is 22.9 Å². The van der Waals surface area contributed by atoms with E-state index < -0.39 is 22.9 Å². The fourth-order valence-corrected chi connectivity index (χ4v) is 1.81. The Kier molecular flexibility index (Phi) is 6.78. The van der Waals surface area contributed by atoms with E-state index >= 15 is 0 Å². The molecule has 1 aromatic rings. The lowest BCUT2D eigenvalue weighted by Crippen LogP contribution is -2.30. The quantitative estimate of drug-likeness (QED) is 0.470. The number of nitro benzene ring substituents is 1. The highest BCUT2D eigenvalue weighted by Gasteiger charge is 2.19. The van der Waals surface area contributed by atoms with Crippen molar-refractivity contribution in [2.75, 3.05) is 5.32 Å². The second-order valence-corrected chi connectivity index (χ2v) is 5.05. The van der Waals surface area contributed by atoms with Crippen LogP contribution in [0.4, 0.5) is 11.4 Å². The number of halogens is 1. The summed E-state index contributed by atoms with van der Waals surface area (Å²) in [6, 6.07) is 3.68. The summed E-state index contributed by atoms with van der Waals surface area (Å²) in [4.78, 5) is 33.4. The van der Waals surface area contributed by atoms with Crippen molar-refractivity contribution in [1.82, 2.24) is 0 Å². The zero-order valence-electron chi connectivity index (χ0n) is 12.3. The molecule has 22 heavy (non-hydrogen) atoms. The van der Waals surface area contributed by atoms with Gasteiger partial charge in [0.05, 0.1) is 15.6 Å². The molecule has 1 rings (SSSR count). The number of carbonyl (C=O) groups is 2. The zero-order chi connectivity index (χ0) is 16.7. The Morgan fingerprint density at radius 1 is 1.45 bits per heavy atom. The molecule has 0 saturated heterocycles. The molecule has 7 nitrogen and oxygen atoms in total. The number of carbonyl (C=O) groups excluding carboxylic acids is 2. The summed E-state index contributed by atoms with van der Waals surface area (Å²) in [6.07, 6.45) is 0.831. The molecule has 1 unspecified atom stereocenters. The molecule has 0 spiro atoms. The molecule has 0 aliphatic rings. The second kappa shape index (κ2) is 8.33. The highest BCUT2D eigenvalue weighted by molar-refractivity contribution is 6.34. The molecule has 120 valence electrons. The Balaban J connectivity index is 2.64. The number of nitrogens with one attached hydrogen (secondary N) is 1. The van der Waals surface area contributed by atoms with Gasteiger partial charge < -0.3 is 10.1 Å². The zero-order valence-corrected chi connectivity index (χ0v) is 13.1. The van der Waals surface area contributed by atoms with Crippen LogP contribution < -0.4 is 5.32 Å². The number of hydrogen-bond donors (Lipinski definition) is 1. The minimum atomic E-state index is -0.976. The van der Waals surface area contributed by atoms with E-state index in [2.05, 4.69) is 5.32 Å². The smallest absolute Gasteiger partial charge is 0.306 e. The van der Waals surface area contributed by atoms with Crippen LogP contribution in [0, 0.1) is 10.1 Å². The van der Waals surface area contributed by atoms with Gasteiger partial charge in [0.25, 0.3) is 11.6 Å². The van der Waals surface area contributed by atoms with Crippen molar-refractivity contribution in [2.24, 2.45) is 0 Å². The van der Waals surface area contributed by atoms with Gasteiger partial charge in [-0.3, -0.25) is 19.7 Å². The number of esters is 1. The molecule has 8 heteroatoms. The minimum Gasteiger partial charge on any atom is -0.453 e. The summed E-state index contributed by atoms with van der Waals surface area (Å²) in [5.41, 5.74) is 0.0377. The number of ether oxygens (including phenoxy) is 1. The third-order valence-electron chi connectivity index (χ3n) is 2.83. The summed E-state index contributed by atoms with van der Waals surface area (Å²) in [5.74, 6) is -1.00. The summed E-state index contributed by atoms with van der Waals surface area (Å²) in [5, 5.41) is 13.1. The van der Waals surface area contributed by atoms with Gasteiger partial charge in [-0.1, -0.05) is 24.9 Å². The highest BCUT2D eigenvalue weighted by atomic mass is 35.5. The van der Waals surface area contributed by atoms with E-state index in [9.17, 15) is 19.7 Å². The van der Waals surface area contributed by atoms with E-state index in [1.165, 1.54) is 19.1 Å². The molecule has 0 aromatic heterocycles. The van der Waals surface area contributed by atoms with Gasteiger partial charge in [-0.2, -0.15) is 0 Å². The fourth-order valence-electron chi connectivity index (χ4n) is 1.58. The molecular formula is C14H17ClN2O5. The maximum atomic E-state index is 11.9. The Bertz CT molecular complexity index is 576. The predicted octanol–water partition coefficient (Wildman–Crippen LogP) is 3.31. The fraction of sp³-hybridized carbons (Fsp3) is 0.429. The van der Waals surface area contributed by atoms with Crippen molar-refractivity contribution in [2.45, 2.75) is 39.2 Å². The van der Waals surface area contributed by atoms with Crippen molar-refractivity contribution in [1.29, 1.82) is 0 Å². The lowest BCUT2D eigenvalue weighted by molar-refractivity contribution is -0.384. The second-order valence-electron chi connectivity index (χ2n) is 4.65. The number of amides is 1. The van der Waals surface area contributed by atoms with Crippen LogP contribution in [0.2, 0.25) is 5.02 Å². The molecule has 0 heterocycles. The average Bonchev–Trinajstić information content (AvgIpc) is 2.46. The topological polar surface area (TPSA) is 98.5 Å². The Labute approximate surface area is 132 Å². The van der Waals surface area contributed by atoms with Crippen LogP contribution in [0.25, 0.3) is 0 Å². The normalized spacial score (nSPS) is 11.6. The van der Waals surface area contributed by atoms with Gasteiger partial charge in [-0.15, -0.1) is 0 Å². The van der Waals surface area contributed by atoms with E-state index in [0.29, 0.717) is 6.42 Å². The Hall–Kier alpha value is -2.15. The highest BCUT2D eigenvalue weighted by Crippen LogP contribution is 2.26. The van der Waals surface area contributed by atoms with Crippen molar-refractivity contribution in [3.05, 3.63) is 33.3 Å². The van der Waals surface area contributed by atoms with Crippen molar-refractivity contribution in [3.63, 3.8) is 0 Å². The Morgan fingerprint density at radius 2 is 2.14 bits per heavy atom. The minimum absolute atomic E-state index is 0.0343. The van der Waals surface area contributed by atoms with Crippen LogP contribution in [0.1, 0.15) is 33.1 Å². The lowest BCUT2D eigenvalue weighted by Gasteiger charge is -2.14. The van der Waals surface area contributed by atoms with Crippen LogP contribution in [0.15, 0.2) is 18.2 Å². The summed E-state index contributed by atoms with van der Waals surface area (Å²) < 4.78 is 4.99. The number of unbranched alkanes of at least 4 members (excludes halogenated alkanes) is 1. The van der Waals surface area contributed by atoms with Crippen LogP contribution in [0.5, 0.6) is 0 Å². The monoisotopic (exact) mass is 328 g/mol. The molecule has 0 bridgehead atoms. The third kappa shape index (κ3) is 5.33. The number of nitrogens with zero attached hydrogens (tertiary/aromatic N) is 1. The van der Waals surface area contributed by atoms with Gasteiger partial charge in [-0.25, -0.2) is 0 Å². The SMILES string of the molecule is CCCCC(=O)OC(C)C(=O)Nc1ccc([N+](=O)[O-])cc1Cl. The predicted molar refractivity (Wildman–Crippen MR) is 81.8 cm³/mol. The van der Waals surface area contributed by atoms with E-state index in [4.69, 9.17) is 16.3 Å². The van der Waals surface area contributed by atoms with Gasteiger partial charge in [0.15, 0.2) is 6.10 Å². The lowest BCUT2D eigenvalue weighted by atomic mass is 10.2. The molecule has 1 aromatic carbocycles. The molecule has 1 atom stereocenters. The number of anilines is 1.